The summed E-state index contributed by atoms with van der Waals surface area (Å²) >= 11 is 11.9. The number of hydrogen-bond acceptors (Lipinski definition) is 4. The lowest BCUT2D eigenvalue weighted by Crippen LogP contribution is -2.41. The number of carboxylic acid groups (broad SMARTS) is 1. The predicted molar refractivity (Wildman–Crippen MR) is 103 cm³/mol. The molecule has 0 saturated heterocycles. The Kier molecular flexibility index (Phi) is 4.58. The van der Waals surface area contributed by atoms with Crippen LogP contribution in [0.1, 0.15) is 28.3 Å². The largest absolute Gasteiger partial charge is 0.480 e. The maximum atomic E-state index is 12.4. The highest BCUT2D eigenvalue weighted by molar-refractivity contribution is 6.36. The average molecular weight is 404 g/mol. The van der Waals surface area contributed by atoms with E-state index in [0.29, 0.717) is 17.2 Å². The molecule has 0 fully saturated rings. The number of nitrogens with one attached hydrogen (secondary N) is 1. The fourth-order valence-corrected chi connectivity index (χ4v) is 4.18. The summed E-state index contributed by atoms with van der Waals surface area (Å²) in [6.07, 6.45) is 4.70. The first kappa shape index (κ1) is 17.9. The number of fused-ring (bicyclic) bond motifs is 3. The number of carbonyl (C=O) groups excluding carboxylic acids is 1. The van der Waals surface area contributed by atoms with Crippen LogP contribution in [0.25, 0.3) is 0 Å². The molecule has 5 nitrogen and oxygen atoms in total. The summed E-state index contributed by atoms with van der Waals surface area (Å²) in [5.41, 5.74) is 1.87. The fourth-order valence-electron chi connectivity index (χ4n) is 3.70. The molecule has 2 aromatic rings. The fraction of sp³-hybridized carbons (Fsp3) is 0.200. The Morgan fingerprint density at radius 2 is 1.96 bits per heavy atom. The summed E-state index contributed by atoms with van der Waals surface area (Å²) in [5.74, 6) is -1.17. The molecule has 2 aliphatic rings. The van der Waals surface area contributed by atoms with Gasteiger partial charge in [-0.1, -0.05) is 35.4 Å². The van der Waals surface area contributed by atoms with Gasteiger partial charge in [0.1, 0.15) is 11.8 Å². The van der Waals surface area contributed by atoms with E-state index in [-0.39, 0.29) is 22.4 Å². The zero-order valence-corrected chi connectivity index (χ0v) is 15.5. The Labute approximate surface area is 165 Å². The molecule has 2 N–H and O–H groups in total. The van der Waals surface area contributed by atoms with Crippen LogP contribution in [0.4, 0.5) is 5.69 Å². The standard InChI is InChI=1S/C20H15Cl2NO4/c21-10-4-6-14(16(22)8-10)20(26)27-11-5-7-17-15(9-11)12-2-1-3-13(12)18(23-17)19(24)25/h1-2,4-9,12-13,18,23H,3H2,(H,24,25)/t12-,13-,18+/m0/s1. The summed E-state index contributed by atoms with van der Waals surface area (Å²) in [6, 6.07) is 9.07. The molecule has 3 atom stereocenters. The van der Waals surface area contributed by atoms with E-state index in [4.69, 9.17) is 27.9 Å². The van der Waals surface area contributed by atoms with Crippen molar-refractivity contribution in [1.82, 2.24) is 0 Å². The van der Waals surface area contributed by atoms with Gasteiger partial charge in [0.15, 0.2) is 0 Å². The van der Waals surface area contributed by atoms with E-state index in [1.165, 1.54) is 12.1 Å². The molecule has 4 rings (SSSR count). The number of carboxylic acids is 1. The third-order valence-electron chi connectivity index (χ3n) is 4.96. The van der Waals surface area contributed by atoms with Crippen LogP contribution in [0.2, 0.25) is 10.0 Å². The number of allylic oxidation sites excluding steroid dienone is 2. The minimum atomic E-state index is -0.868. The van der Waals surface area contributed by atoms with Crippen molar-refractivity contribution in [3.63, 3.8) is 0 Å². The highest BCUT2D eigenvalue weighted by Gasteiger charge is 2.40. The van der Waals surface area contributed by atoms with Crippen molar-refractivity contribution in [2.45, 2.75) is 18.4 Å². The highest BCUT2D eigenvalue weighted by Crippen LogP contribution is 2.45. The number of carbonyl (C=O) groups is 2. The van der Waals surface area contributed by atoms with E-state index in [9.17, 15) is 14.7 Å². The minimum absolute atomic E-state index is 0.0277. The Morgan fingerprint density at radius 3 is 2.70 bits per heavy atom. The summed E-state index contributed by atoms with van der Waals surface area (Å²) in [7, 11) is 0. The van der Waals surface area contributed by atoms with Gasteiger partial charge in [-0.2, -0.15) is 0 Å². The average Bonchev–Trinajstić information content (AvgIpc) is 3.10. The van der Waals surface area contributed by atoms with Gasteiger partial charge in [-0.05, 0) is 48.4 Å². The lowest BCUT2D eigenvalue weighted by atomic mass is 9.79. The summed E-state index contributed by atoms with van der Waals surface area (Å²) in [6.45, 7) is 0. The molecule has 0 unspecified atom stereocenters. The molecule has 0 saturated carbocycles. The Bertz CT molecular complexity index is 972. The van der Waals surface area contributed by atoms with Crippen molar-refractivity contribution >= 4 is 40.8 Å². The van der Waals surface area contributed by atoms with Gasteiger partial charge >= 0.3 is 11.9 Å². The second-order valence-electron chi connectivity index (χ2n) is 6.58. The molecule has 7 heteroatoms. The lowest BCUT2D eigenvalue weighted by Gasteiger charge is -2.34. The van der Waals surface area contributed by atoms with Gasteiger partial charge in [0.25, 0.3) is 0 Å². The van der Waals surface area contributed by atoms with E-state index in [2.05, 4.69) is 5.32 Å². The Hall–Kier alpha value is -2.50. The molecule has 1 heterocycles. The maximum Gasteiger partial charge on any atom is 0.345 e. The molecule has 0 bridgehead atoms. The zero-order chi connectivity index (χ0) is 19.1. The van der Waals surface area contributed by atoms with Crippen LogP contribution in [0.5, 0.6) is 5.75 Å². The minimum Gasteiger partial charge on any atom is -0.480 e. The van der Waals surface area contributed by atoms with Crippen LogP contribution in [0, 0.1) is 5.92 Å². The number of anilines is 1. The van der Waals surface area contributed by atoms with E-state index >= 15 is 0 Å². The Morgan fingerprint density at radius 1 is 1.15 bits per heavy atom. The first-order chi connectivity index (χ1) is 12.9. The topological polar surface area (TPSA) is 75.6 Å². The first-order valence-electron chi connectivity index (χ1n) is 8.41. The quantitative estimate of drug-likeness (QED) is 0.439. The van der Waals surface area contributed by atoms with Crippen LogP contribution in [0.3, 0.4) is 0 Å². The summed E-state index contributed by atoms with van der Waals surface area (Å²) in [5, 5.41) is 13.2. The number of halogens is 2. The molecule has 0 spiro atoms. The molecule has 138 valence electrons. The molecule has 1 aliphatic carbocycles. The highest BCUT2D eigenvalue weighted by atomic mass is 35.5. The number of benzene rings is 2. The van der Waals surface area contributed by atoms with Crippen LogP contribution in [0.15, 0.2) is 48.6 Å². The van der Waals surface area contributed by atoms with Crippen LogP contribution < -0.4 is 10.1 Å². The predicted octanol–water partition coefficient (Wildman–Crippen LogP) is 4.75. The lowest BCUT2D eigenvalue weighted by molar-refractivity contribution is -0.139. The number of hydrogen-bond donors (Lipinski definition) is 2. The van der Waals surface area contributed by atoms with Gasteiger partial charge in [-0.15, -0.1) is 0 Å². The van der Waals surface area contributed by atoms with Crippen LogP contribution >= 0.6 is 23.2 Å². The molecule has 27 heavy (non-hydrogen) atoms. The van der Waals surface area contributed by atoms with Gasteiger partial charge in [-0.25, -0.2) is 9.59 Å². The summed E-state index contributed by atoms with van der Waals surface area (Å²) in [4.78, 5) is 24.0. The van der Waals surface area contributed by atoms with E-state index in [1.54, 1.807) is 24.3 Å². The second-order valence-corrected chi connectivity index (χ2v) is 7.42. The van der Waals surface area contributed by atoms with Crippen LogP contribution in [-0.2, 0) is 4.79 Å². The monoisotopic (exact) mass is 403 g/mol. The van der Waals surface area contributed by atoms with Crippen molar-refractivity contribution in [1.29, 1.82) is 0 Å². The maximum absolute atomic E-state index is 12.4. The van der Waals surface area contributed by atoms with Gasteiger partial charge < -0.3 is 15.2 Å². The molecule has 2 aromatic carbocycles. The zero-order valence-electron chi connectivity index (χ0n) is 14.0. The van der Waals surface area contributed by atoms with Gasteiger partial charge in [0.05, 0.1) is 10.6 Å². The number of ether oxygens (including phenoxy) is 1. The first-order valence-corrected chi connectivity index (χ1v) is 9.17. The number of rotatable bonds is 3. The number of aliphatic carboxylic acids is 1. The van der Waals surface area contributed by atoms with E-state index in [0.717, 1.165) is 11.3 Å². The third-order valence-corrected chi connectivity index (χ3v) is 5.51. The van der Waals surface area contributed by atoms with E-state index in [1.807, 2.05) is 12.2 Å². The van der Waals surface area contributed by atoms with Crippen molar-refractivity contribution in [3.8, 4) is 5.75 Å². The SMILES string of the molecule is O=C(Oc1ccc2c(c1)[C@H]1C=CC[C@@H]1[C@H](C(=O)O)N2)c1ccc(Cl)cc1Cl. The number of esters is 1. The van der Waals surface area contributed by atoms with Gasteiger partial charge in [0, 0.05) is 22.5 Å². The summed E-state index contributed by atoms with van der Waals surface area (Å²) < 4.78 is 5.48. The molecule has 1 aliphatic heterocycles. The smallest absolute Gasteiger partial charge is 0.345 e. The van der Waals surface area contributed by atoms with Crippen molar-refractivity contribution in [2.24, 2.45) is 5.92 Å². The second kappa shape index (κ2) is 6.91. The molecule has 0 radical (unpaired) electrons. The normalized spacial score (nSPS) is 22.5. The molecule has 0 aromatic heterocycles. The molecular weight excluding hydrogens is 389 g/mol. The van der Waals surface area contributed by atoms with Crippen molar-refractivity contribution in [3.05, 3.63) is 69.7 Å². The molecular formula is C20H15Cl2NO4. The van der Waals surface area contributed by atoms with E-state index < -0.39 is 18.0 Å². The van der Waals surface area contributed by atoms with Gasteiger partial charge in [-0.3, -0.25) is 0 Å². The third kappa shape index (κ3) is 3.29. The van der Waals surface area contributed by atoms with Crippen molar-refractivity contribution in [2.75, 3.05) is 5.32 Å². The van der Waals surface area contributed by atoms with Crippen molar-refractivity contribution < 1.29 is 19.4 Å². The van der Waals surface area contributed by atoms with Crippen LogP contribution in [-0.4, -0.2) is 23.1 Å². The Balaban J connectivity index is 1.62. The van der Waals surface area contributed by atoms with Gasteiger partial charge in [0.2, 0.25) is 0 Å². The molecule has 0 amide bonds.